The van der Waals surface area contributed by atoms with Crippen molar-refractivity contribution in [3.8, 4) is 0 Å². The molecule has 0 spiro atoms. The van der Waals surface area contributed by atoms with E-state index in [0.717, 1.165) is 49.9 Å². The van der Waals surface area contributed by atoms with Crippen LogP contribution >= 0.6 is 15.9 Å². The van der Waals surface area contributed by atoms with Crippen molar-refractivity contribution in [2.75, 3.05) is 19.6 Å². The minimum Gasteiger partial charge on any atom is -0.593 e. The molecule has 182 valence electrons. The zero-order valence-corrected chi connectivity index (χ0v) is 22.0. The molecule has 0 aromatic heterocycles. The molecule has 1 heterocycles. The average molecular weight is 553 g/mol. The lowest BCUT2D eigenvalue weighted by Gasteiger charge is -2.29. The normalized spacial score (nSPS) is 21.3. The van der Waals surface area contributed by atoms with E-state index in [1.165, 1.54) is 11.1 Å². The van der Waals surface area contributed by atoms with Crippen molar-refractivity contribution in [2.45, 2.75) is 36.7 Å². The third-order valence-corrected chi connectivity index (χ3v) is 9.11. The van der Waals surface area contributed by atoms with Gasteiger partial charge in [0.25, 0.3) is 0 Å². The van der Waals surface area contributed by atoms with E-state index >= 15 is 0 Å². The van der Waals surface area contributed by atoms with E-state index in [0.29, 0.717) is 22.8 Å². The summed E-state index contributed by atoms with van der Waals surface area (Å²) in [6.45, 7) is 3.68. The first kappa shape index (κ1) is 24.7. The second-order valence-corrected chi connectivity index (χ2v) is 12.0. The summed E-state index contributed by atoms with van der Waals surface area (Å²) in [6.07, 6.45) is 3.10. The molecule has 2 fully saturated rings. The highest BCUT2D eigenvalue weighted by molar-refractivity contribution is 9.10. The van der Waals surface area contributed by atoms with E-state index in [2.05, 4.69) is 84.9 Å². The molecule has 1 aliphatic heterocycles. The minimum atomic E-state index is -1.40. The van der Waals surface area contributed by atoms with Gasteiger partial charge in [-0.2, -0.15) is 0 Å². The monoisotopic (exact) mass is 551 g/mol. The van der Waals surface area contributed by atoms with E-state index in [-0.39, 0.29) is 5.69 Å². The predicted octanol–water partition coefficient (Wildman–Crippen LogP) is 6.32. The van der Waals surface area contributed by atoms with Crippen LogP contribution in [0.25, 0.3) is 0 Å². The van der Waals surface area contributed by atoms with Gasteiger partial charge >= 0.3 is 0 Å². The standard InChI is InChI=1S/C28H30BrN3O2S/c29-25-10-6-9-22(16-25)15-23-18-31(17-21-7-2-1-3-8-21)19-24(23)20-32(26-13-14-26)35(34)28-12-5-4-11-27(28)30-33/h1-12,16,23-24,26H,13-15,17-20H2/t23-,24+,35?/m1/s1. The Morgan fingerprint density at radius 1 is 0.943 bits per heavy atom. The number of hydrogen-bond acceptors (Lipinski definition) is 5. The SMILES string of the molecule is O=Nc1ccccc1[S+]([O-])N(C[C@@H]1CN(Cc2ccccc2)C[C@H]1Cc1cccc(Br)c1)C1CC1. The van der Waals surface area contributed by atoms with Gasteiger partial charge in [0.15, 0.2) is 5.69 Å². The molecule has 0 radical (unpaired) electrons. The van der Waals surface area contributed by atoms with E-state index in [4.69, 9.17) is 0 Å². The molecule has 1 saturated carbocycles. The van der Waals surface area contributed by atoms with Gasteiger partial charge in [-0.3, -0.25) is 4.90 Å². The average Bonchev–Trinajstić information content (AvgIpc) is 3.65. The van der Waals surface area contributed by atoms with Crippen molar-refractivity contribution in [1.82, 2.24) is 9.21 Å². The number of nitrogens with zero attached hydrogens (tertiary/aromatic N) is 3. The molecule has 35 heavy (non-hydrogen) atoms. The topological polar surface area (TPSA) is 59.0 Å². The summed E-state index contributed by atoms with van der Waals surface area (Å²) < 4.78 is 16.9. The third-order valence-electron chi connectivity index (χ3n) is 7.02. The summed E-state index contributed by atoms with van der Waals surface area (Å²) in [6, 6.07) is 26.5. The zero-order valence-electron chi connectivity index (χ0n) is 19.6. The summed E-state index contributed by atoms with van der Waals surface area (Å²) in [5, 5.41) is 3.14. The van der Waals surface area contributed by atoms with Gasteiger partial charge in [-0.15, -0.1) is 9.21 Å². The van der Waals surface area contributed by atoms with Crippen molar-refractivity contribution < 1.29 is 4.55 Å². The maximum atomic E-state index is 13.7. The van der Waals surface area contributed by atoms with Gasteiger partial charge in [0, 0.05) is 30.7 Å². The number of benzene rings is 3. The number of halogens is 1. The van der Waals surface area contributed by atoms with Gasteiger partial charge < -0.3 is 4.55 Å². The maximum absolute atomic E-state index is 13.7. The molecular weight excluding hydrogens is 522 g/mol. The summed E-state index contributed by atoms with van der Waals surface area (Å²) in [5.74, 6) is 0.851. The summed E-state index contributed by atoms with van der Waals surface area (Å²) in [7, 11) is 0. The zero-order chi connectivity index (χ0) is 24.2. The van der Waals surface area contributed by atoms with E-state index in [1.807, 2.05) is 6.07 Å². The number of hydrogen-bond donors (Lipinski definition) is 0. The molecule has 0 N–H and O–H groups in total. The molecule has 5 rings (SSSR count). The van der Waals surface area contributed by atoms with Gasteiger partial charge in [-0.05, 0) is 71.7 Å². The van der Waals surface area contributed by atoms with Crippen molar-refractivity contribution in [3.63, 3.8) is 0 Å². The summed E-state index contributed by atoms with van der Waals surface area (Å²) in [4.78, 5) is 14.4. The van der Waals surface area contributed by atoms with Crippen molar-refractivity contribution in [2.24, 2.45) is 17.0 Å². The fourth-order valence-electron chi connectivity index (χ4n) is 5.16. The van der Waals surface area contributed by atoms with Crippen molar-refractivity contribution in [3.05, 3.63) is 99.4 Å². The van der Waals surface area contributed by atoms with Crippen LogP contribution in [0.15, 0.2) is 93.4 Å². The summed E-state index contributed by atoms with van der Waals surface area (Å²) in [5.41, 5.74) is 2.92. The van der Waals surface area contributed by atoms with Crippen LogP contribution in [0.1, 0.15) is 24.0 Å². The molecule has 7 heteroatoms. The van der Waals surface area contributed by atoms with Crippen LogP contribution in [0.4, 0.5) is 5.69 Å². The lowest BCUT2D eigenvalue weighted by Crippen LogP contribution is -2.39. The number of likely N-dealkylation sites (tertiary alicyclic amines) is 1. The number of rotatable bonds is 10. The first-order chi connectivity index (χ1) is 17.1. The van der Waals surface area contributed by atoms with Gasteiger partial charge in [0.1, 0.15) is 0 Å². The quantitative estimate of drug-likeness (QED) is 0.218. The van der Waals surface area contributed by atoms with Gasteiger partial charge in [-0.25, -0.2) is 0 Å². The lowest BCUT2D eigenvalue weighted by molar-refractivity contribution is 0.286. The fraction of sp³-hybridized carbons (Fsp3) is 0.357. The van der Waals surface area contributed by atoms with Crippen molar-refractivity contribution in [1.29, 1.82) is 0 Å². The fourth-order valence-corrected chi connectivity index (χ4v) is 7.15. The van der Waals surface area contributed by atoms with Gasteiger partial charge in [0.05, 0.1) is 17.4 Å². The Morgan fingerprint density at radius 3 is 2.40 bits per heavy atom. The molecular formula is C28H30BrN3O2S. The van der Waals surface area contributed by atoms with Crippen LogP contribution in [-0.2, 0) is 24.3 Å². The van der Waals surface area contributed by atoms with E-state index in [9.17, 15) is 9.46 Å². The highest BCUT2D eigenvalue weighted by Crippen LogP contribution is 2.38. The van der Waals surface area contributed by atoms with Crippen LogP contribution < -0.4 is 0 Å². The Labute approximate surface area is 218 Å². The molecule has 0 bridgehead atoms. The molecule has 2 aliphatic rings. The van der Waals surface area contributed by atoms with Crippen LogP contribution in [0, 0.1) is 16.7 Å². The first-order valence-electron chi connectivity index (χ1n) is 12.2. The molecule has 3 aromatic carbocycles. The highest BCUT2D eigenvalue weighted by atomic mass is 79.9. The Kier molecular flexibility index (Phi) is 8.00. The third kappa shape index (κ3) is 6.22. The first-order valence-corrected chi connectivity index (χ1v) is 14.1. The van der Waals surface area contributed by atoms with Gasteiger partial charge in [-0.1, -0.05) is 70.5 Å². The maximum Gasteiger partial charge on any atom is 0.203 e. The molecule has 1 unspecified atom stereocenters. The van der Waals surface area contributed by atoms with Crippen molar-refractivity contribution >= 4 is 33.0 Å². The van der Waals surface area contributed by atoms with Gasteiger partial charge in [0.2, 0.25) is 4.90 Å². The Balaban J connectivity index is 1.36. The molecule has 3 atom stereocenters. The molecule has 3 aromatic rings. The van der Waals surface area contributed by atoms with Crippen LogP contribution in [-0.4, -0.2) is 39.4 Å². The Hall–Kier alpha value is -2.03. The van der Waals surface area contributed by atoms with E-state index in [1.54, 1.807) is 18.2 Å². The highest BCUT2D eigenvalue weighted by Gasteiger charge is 2.43. The minimum absolute atomic E-state index is 0.277. The summed E-state index contributed by atoms with van der Waals surface area (Å²) >= 11 is 2.22. The molecule has 5 nitrogen and oxygen atoms in total. The van der Waals surface area contributed by atoms with E-state index < -0.39 is 11.4 Å². The molecule has 1 aliphatic carbocycles. The van der Waals surface area contributed by atoms with Crippen LogP contribution in [0.5, 0.6) is 0 Å². The lowest BCUT2D eigenvalue weighted by atomic mass is 9.89. The second kappa shape index (κ2) is 11.4. The predicted molar refractivity (Wildman–Crippen MR) is 145 cm³/mol. The second-order valence-electron chi connectivity index (χ2n) is 9.67. The Bertz CT molecular complexity index is 1140. The van der Waals surface area contributed by atoms with Crippen LogP contribution in [0.3, 0.4) is 0 Å². The largest absolute Gasteiger partial charge is 0.593 e. The smallest absolute Gasteiger partial charge is 0.203 e. The molecule has 0 amide bonds. The van der Waals surface area contributed by atoms with Crippen LogP contribution in [0.2, 0.25) is 0 Å². The molecule has 1 saturated heterocycles. The Morgan fingerprint density at radius 2 is 1.66 bits per heavy atom. The number of nitroso groups, excluding NO2 is 1.